The number of likely N-dealkylation sites (N-methyl/N-ethyl adjacent to an activating group) is 1. The molecule has 84 valence electrons. The zero-order chi connectivity index (χ0) is 11.4. The maximum absolute atomic E-state index is 9.82. The van der Waals surface area contributed by atoms with Gasteiger partial charge >= 0.3 is 0 Å². The SMILES string of the molecule is CNCC(O)c1cc(Br)c(C)c(OC)c1. The van der Waals surface area contributed by atoms with Crippen LogP contribution in [-0.2, 0) is 0 Å². The van der Waals surface area contributed by atoms with E-state index >= 15 is 0 Å². The molecule has 0 aliphatic carbocycles. The van der Waals surface area contributed by atoms with Crippen LogP contribution in [0.3, 0.4) is 0 Å². The second-order valence-corrected chi connectivity index (χ2v) is 4.26. The molecule has 1 rings (SSSR count). The Labute approximate surface area is 98.6 Å². The van der Waals surface area contributed by atoms with E-state index in [4.69, 9.17) is 4.74 Å². The third kappa shape index (κ3) is 2.93. The lowest BCUT2D eigenvalue weighted by molar-refractivity contribution is 0.177. The molecule has 0 spiro atoms. The Bertz CT molecular complexity index is 342. The van der Waals surface area contributed by atoms with Crippen LogP contribution in [0.4, 0.5) is 0 Å². The summed E-state index contributed by atoms with van der Waals surface area (Å²) in [4.78, 5) is 0. The monoisotopic (exact) mass is 273 g/mol. The van der Waals surface area contributed by atoms with Crippen molar-refractivity contribution in [3.63, 3.8) is 0 Å². The molecule has 0 saturated heterocycles. The Hall–Kier alpha value is -0.580. The van der Waals surface area contributed by atoms with Crippen molar-refractivity contribution in [2.24, 2.45) is 0 Å². The highest BCUT2D eigenvalue weighted by molar-refractivity contribution is 9.10. The fraction of sp³-hybridized carbons (Fsp3) is 0.455. The number of methoxy groups -OCH3 is 1. The number of nitrogens with one attached hydrogen (secondary N) is 1. The Kier molecular flexibility index (Phi) is 4.57. The average molecular weight is 274 g/mol. The van der Waals surface area contributed by atoms with Crippen LogP contribution in [0.5, 0.6) is 5.75 Å². The fourth-order valence-electron chi connectivity index (χ4n) is 1.39. The molecule has 0 heterocycles. The van der Waals surface area contributed by atoms with Gasteiger partial charge in [-0.3, -0.25) is 0 Å². The fourth-order valence-corrected chi connectivity index (χ4v) is 1.85. The quantitative estimate of drug-likeness (QED) is 0.882. The summed E-state index contributed by atoms with van der Waals surface area (Å²) in [5, 5.41) is 12.7. The number of hydrogen-bond acceptors (Lipinski definition) is 3. The molecule has 15 heavy (non-hydrogen) atoms. The van der Waals surface area contributed by atoms with Crippen molar-refractivity contribution in [3.8, 4) is 5.75 Å². The largest absolute Gasteiger partial charge is 0.496 e. The van der Waals surface area contributed by atoms with Crippen LogP contribution < -0.4 is 10.1 Å². The van der Waals surface area contributed by atoms with Crippen LogP contribution in [0.1, 0.15) is 17.2 Å². The first-order valence-electron chi connectivity index (χ1n) is 4.76. The first kappa shape index (κ1) is 12.5. The van der Waals surface area contributed by atoms with Crippen LogP contribution in [-0.4, -0.2) is 25.8 Å². The number of rotatable bonds is 4. The Morgan fingerprint density at radius 3 is 2.73 bits per heavy atom. The first-order chi connectivity index (χ1) is 7.10. The first-order valence-corrected chi connectivity index (χ1v) is 5.56. The molecule has 0 bridgehead atoms. The lowest BCUT2D eigenvalue weighted by atomic mass is 10.1. The van der Waals surface area contributed by atoms with Crippen LogP contribution in [0.2, 0.25) is 0 Å². The minimum atomic E-state index is -0.513. The van der Waals surface area contributed by atoms with Gasteiger partial charge in [0.1, 0.15) is 5.75 Å². The van der Waals surface area contributed by atoms with Crippen LogP contribution in [0.25, 0.3) is 0 Å². The molecule has 0 radical (unpaired) electrons. The molecule has 0 aliphatic rings. The van der Waals surface area contributed by atoms with E-state index < -0.39 is 6.10 Å². The van der Waals surface area contributed by atoms with E-state index in [9.17, 15) is 5.11 Å². The van der Waals surface area contributed by atoms with Gasteiger partial charge in [-0.2, -0.15) is 0 Å². The summed E-state index contributed by atoms with van der Waals surface area (Å²) in [7, 11) is 3.44. The molecule has 0 saturated carbocycles. The van der Waals surface area contributed by atoms with Gasteiger partial charge in [-0.05, 0) is 31.7 Å². The molecule has 2 N–H and O–H groups in total. The van der Waals surface area contributed by atoms with Gasteiger partial charge in [0.15, 0.2) is 0 Å². The number of benzene rings is 1. The minimum absolute atomic E-state index is 0.513. The van der Waals surface area contributed by atoms with Gasteiger partial charge in [0.05, 0.1) is 13.2 Å². The predicted molar refractivity (Wildman–Crippen MR) is 64.3 cm³/mol. The molecule has 1 aromatic carbocycles. The highest BCUT2D eigenvalue weighted by Crippen LogP contribution is 2.30. The minimum Gasteiger partial charge on any atom is -0.496 e. The van der Waals surface area contributed by atoms with E-state index in [1.165, 1.54) is 0 Å². The van der Waals surface area contributed by atoms with Crippen molar-refractivity contribution in [1.82, 2.24) is 5.32 Å². The van der Waals surface area contributed by atoms with Crippen molar-refractivity contribution in [1.29, 1.82) is 0 Å². The molecular formula is C11H16BrNO2. The van der Waals surface area contributed by atoms with Crippen molar-refractivity contribution >= 4 is 15.9 Å². The summed E-state index contributed by atoms with van der Waals surface area (Å²) in [6.45, 7) is 2.50. The smallest absolute Gasteiger partial charge is 0.123 e. The van der Waals surface area contributed by atoms with Crippen molar-refractivity contribution in [2.75, 3.05) is 20.7 Å². The molecule has 0 amide bonds. The summed E-state index contributed by atoms with van der Waals surface area (Å²) in [5.74, 6) is 0.787. The summed E-state index contributed by atoms with van der Waals surface area (Å²) in [5.41, 5.74) is 1.89. The van der Waals surface area contributed by atoms with E-state index in [1.807, 2.05) is 26.1 Å². The van der Waals surface area contributed by atoms with E-state index in [-0.39, 0.29) is 0 Å². The third-order valence-electron chi connectivity index (χ3n) is 2.32. The maximum Gasteiger partial charge on any atom is 0.123 e. The van der Waals surface area contributed by atoms with E-state index in [2.05, 4.69) is 21.2 Å². The summed E-state index contributed by atoms with van der Waals surface area (Å²) in [6, 6.07) is 3.78. The van der Waals surface area contributed by atoms with E-state index in [0.717, 1.165) is 21.3 Å². The molecule has 1 unspecified atom stereocenters. The highest BCUT2D eigenvalue weighted by Gasteiger charge is 2.11. The van der Waals surface area contributed by atoms with Gasteiger partial charge in [-0.15, -0.1) is 0 Å². The molecule has 3 nitrogen and oxygen atoms in total. The number of hydrogen-bond donors (Lipinski definition) is 2. The highest BCUT2D eigenvalue weighted by atomic mass is 79.9. The van der Waals surface area contributed by atoms with Crippen LogP contribution in [0.15, 0.2) is 16.6 Å². The molecule has 1 atom stereocenters. The summed E-state index contributed by atoms with van der Waals surface area (Å²) in [6.07, 6.45) is -0.513. The lowest BCUT2D eigenvalue weighted by Gasteiger charge is -2.14. The second kappa shape index (κ2) is 5.49. The van der Waals surface area contributed by atoms with Crippen molar-refractivity contribution < 1.29 is 9.84 Å². The summed E-state index contributed by atoms with van der Waals surface area (Å²) >= 11 is 3.45. The predicted octanol–water partition coefficient (Wildman–Crippen LogP) is 2.02. The average Bonchev–Trinajstić information content (AvgIpc) is 2.22. The second-order valence-electron chi connectivity index (χ2n) is 3.40. The molecule has 0 aliphatic heterocycles. The van der Waals surface area contributed by atoms with Crippen molar-refractivity contribution in [3.05, 3.63) is 27.7 Å². The topological polar surface area (TPSA) is 41.5 Å². The number of aliphatic hydroxyl groups is 1. The van der Waals surface area contributed by atoms with Crippen LogP contribution >= 0.6 is 15.9 Å². The van der Waals surface area contributed by atoms with Crippen LogP contribution in [0, 0.1) is 6.92 Å². The Morgan fingerprint density at radius 2 is 2.20 bits per heavy atom. The van der Waals surface area contributed by atoms with Gasteiger partial charge in [0, 0.05) is 16.6 Å². The Balaban J connectivity index is 3.05. The number of ether oxygens (including phenoxy) is 1. The summed E-state index contributed by atoms with van der Waals surface area (Å²) < 4.78 is 6.18. The zero-order valence-corrected chi connectivity index (χ0v) is 10.8. The molecule has 0 aromatic heterocycles. The lowest BCUT2D eigenvalue weighted by Crippen LogP contribution is -2.16. The van der Waals surface area contributed by atoms with Crippen molar-refractivity contribution in [2.45, 2.75) is 13.0 Å². The molecule has 4 heteroatoms. The molecule has 0 fully saturated rings. The van der Waals surface area contributed by atoms with Gasteiger partial charge in [-0.1, -0.05) is 15.9 Å². The van der Waals surface area contributed by atoms with Gasteiger partial charge in [0.2, 0.25) is 0 Å². The van der Waals surface area contributed by atoms with Gasteiger partial charge in [0.25, 0.3) is 0 Å². The van der Waals surface area contributed by atoms with Gasteiger partial charge in [-0.25, -0.2) is 0 Å². The number of aliphatic hydroxyl groups excluding tert-OH is 1. The van der Waals surface area contributed by atoms with E-state index in [1.54, 1.807) is 7.11 Å². The zero-order valence-electron chi connectivity index (χ0n) is 9.17. The normalized spacial score (nSPS) is 12.6. The van der Waals surface area contributed by atoms with E-state index in [0.29, 0.717) is 6.54 Å². The maximum atomic E-state index is 9.82. The molecule has 1 aromatic rings. The Morgan fingerprint density at radius 1 is 1.53 bits per heavy atom. The molecular weight excluding hydrogens is 258 g/mol. The number of halogens is 1. The van der Waals surface area contributed by atoms with Gasteiger partial charge < -0.3 is 15.2 Å². The third-order valence-corrected chi connectivity index (χ3v) is 3.14. The standard InChI is InChI=1S/C11H16BrNO2/c1-7-9(12)4-8(5-11(7)15-3)10(14)6-13-2/h4-5,10,13-14H,6H2,1-3H3.